The summed E-state index contributed by atoms with van der Waals surface area (Å²) in [5.41, 5.74) is 0.248. The molecular formula is C12H6O7S2. The summed E-state index contributed by atoms with van der Waals surface area (Å²) in [5.74, 6) is -3.45. The summed E-state index contributed by atoms with van der Waals surface area (Å²) in [6.45, 7) is 0. The molecule has 0 fully saturated rings. The summed E-state index contributed by atoms with van der Waals surface area (Å²) in [6, 6.07) is 2.86. The van der Waals surface area contributed by atoms with E-state index >= 15 is 0 Å². The smallest absolute Gasteiger partial charge is 0.357 e. The quantitative estimate of drug-likeness (QED) is 0.641. The van der Waals surface area contributed by atoms with E-state index in [9.17, 15) is 19.2 Å². The average Bonchev–Trinajstić information content (AvgIpc) is 3.11. The molecule has 1 aliphatic heterocycles. The summed E-state index contributed by atoms with van der Waals surface area (Å²) in [4.78, 5) is 42.4. The van der Waals surface area contributed by atoms with Crippen LogP contribution in [0.4, 0.5) is 0 Å². The number of carbonyl (C=O) groups is 4. The SMILES string of the molecule is O=C(O)c1ccsc1C(=O)O.O=C1OC(=O)c2sccc21. The normalized spacial score (nSPS) is 12.2. The van der Waals surface area contributed by atoms with Gasteiger partial charge >= 0.3 is 23.9 Å². The molecule has 0 aliphatic carbocycles. The van der Waals surface area contributed by atoms with Gasteiger partial charge in [-0.2, -0.15) is 0 Å². The zero-order valence-electron chi connectivity index (χ0n) is 10.1. The largest absolute Gasteiger partial charge is 0.478 e. The van der Waals surface area contributed by atoms with Gasteiger partial charge in [-0.15, -0.1) is 22.7 Å². The molecule has 0 saturated heterocycles. The molecule has 0 saturated carbocycles. The minimum absolute atomic E-state index is 0.127. The van der Waals surface area contributed by atoms with Gasteiger partial charge in [-0.25, -0.2) is 19.2 Å². The molecule has 0 bridgehead atoms. The van der Waals surface area contributed by atoms with Gasteiger partial charge in [-0.05, 0) is 22.9 Å². The molecule has 9 heteroatoms. The van der Waals surface area contributed by atoms with Crippen LogP contribution in [0.1, 0.15) is 40.1 Å². The monoisotopic (exact) mass is 326 g/mol. The van der Waals surface area contributed by atoms with Gasteiger partial charge in [0.15, 0.2) is 0 Å². The molecule has 21 heavy (non-hydrogen) atoms. The van der Waals surface area contributed by atoms with E-state index in [2.05, 4.69) is 4.74 Å². The first kappa shape index (κ1) is 14.9. The van der Waals surface area contributed by atoms with Gasteiger partial charge in [0.1, 0.15) is 9.75 Å². The van der Waals surface area contributed by atoms with E-state index in [1.54, 1.807) is 11.4 Å². The van der Waals surface area contributed by atoms with Gasteiger partial charge in [0.05, 0.1) is 11.1 Å². The minimum atomic E-state index is -1.20. The fraction of sp³-hybridized carbons (Fsp3) is 0. The lowest BCUT2D eigenvalue weighted by Crippen LogP contribution is -2.03. The number of ether oxygens (including phenoxy) is 1. The van der Waals surface area contributed by atoms with E-state index in [4.69, 9.17) is 10.2 Å². The van der Waals surface area contributed by atoms with Crippen LogP contribution in [-0.4, -0.2) is 34.1 Å². The second kappa shape index (κ2) is 5.85. The maximum Gasteiger partial charge on any atom is 0.357 e. The molecule has 108 valence electrons. The van der Waals surface area contributed by atoms with Gasteiger partial charge in [0.25, 0.3) is 0 Å². The Morgan fingerprint density at radius 1 is 0.952 bits per heavy atom. The number of hydrogen-bond acceptors (Lipinski definition) is 7. The van der Waals surface area contributed by atoms with Gasteiger partial charge in [0, 0.05) is 0 Å². The number of hydrogen-bond donors (Lipinski definition) is 2. The fourth-order valence-electron chi connectivity index (χ4n) is 1.46. The molecule has 0 amide bonds. The Bertz CT molecular complexity index is 683. The Morgan fingerprint density at radius 3 is 2.14 bits per heavy atom. The number of cyclic esters (lactones) is 2. The maximum atomic E-state index is 10.7. The standard InChI is InChI=1S/C6H4O4S.C6H2O3S/c7-5(8)3-1-2-11-4(3)6(9)10;7-5-3-1-2-10-4(3)6(8)9-5/h1-2H,(H,7,8)(H,9,10);1-2H. The number of esters is 2. The van der Waals surface area contributed by atoms with Gasteiger partial charge in [-0.1, -0.05) is 0 Å². The highest BCUT2D eigenvalue weighted by atomic mass is 32.1. The number of thiophene rings is 2. The lowest BCUT2D eigenvalue weighted by atomic mass is 10.2. The highest BCUT2D eigenvalue weighted by Gasteiger charge is 2.30. The molecular weight excluding hydrogens is 320 g/mol. The van der Waals surface area contributed by atoms with Crippen LogP contribution in [0.2, 0.25) is 0 Å². The summed E-state index contributed by atoms with van der Waals surface area (Å²) in [5, 5.41) is 20.0. The van der Waals surface area contributed by atoms with Crippen molar-refractivity contribution in [2.24, 2.45) is 0 Å². The first-order valence-corrected chi connectivity index (χ1v) is 7.05. The zero-order chi connectivity index (χ0) is 15.6. The molecule has 3 rings (SSSR count). The van der Waals surface area contributed by atoms with Gasteiger partial charge < -0.3 is 14.9 Å². The van der Waals surface area contributed by atoms with E-state index in [1.165, 1.54) is 22.8 Å². The number of carbonyl (C=O) groups excluding carboxylic acids is 2. The molecule has 7 nitrogen and oxygen atoms in total. The second-order valence-electron chi connectivity index (χ2n) is 3.61. The van der Waals surface area contributed by atoms with Crippen molar-refractivity contribution in [2.45, 2.75) is 0 Å². The van der Waals surface area contributed by atoms with Crippen molar-refractivity contribution >= 4 is 46.6 Å². The lowest BCUT2D eigenvalue weighted by molar-refractivity contribution is 0.0444. The number of fused-ring (bicyclic) bond motifs is 1. The van der Waals surface area contributed by atoms with Crippen molar-refractivity contribution in [3.8, 4) is 0 Å². The lowest BCUT2D eigenvalue weighted by Gasteiger charge is -1.89. The third-order valence-corrected chi connectivity index (χ3v) is 4.14. The van der Waals surface area contributed by atoms with Crippen molar-refractivity contribution < 1.29 is 34.1 Å². The van der Waals surface area contributed by atoms with Gasteiger partial charge in [0.2, 0.25) is 0 Å². The second-order valence-corrected chi connectivity index (χ2v) is 5.45. The molecule has 0 atom stereocenters. The molecule has 3 heterocycles. The number of carboxylic acids is 2. The van der Waals surface area contributed by atoms with Crippen LogP contribution < -0.4 is 0 Å². The fourth-order valence-corrected chi connectivity index (χ4v) is 2.94. The van der Waals surface area contributed by atoms with E-state index in [0.29, 0.717) is 10.4 Å². The summed E-state index contributed by atoms with van der Waals surface area (Å²) in [6.07, 6.45) is 0. The Hall–Kier alpha value is -2.52. The van der Waals surface area contributed by atoms with Crippen molar-refractivity contribution in [3.63, 3.8) is 0 Å². The van der Waals surface area contributed by atoms with Crippen molar-refractivity contribution in [1.29, 1.82) is 0 Å². The molecule has 0 unspecified atom stereocenters. The van der Waals surface area contributed by atoms with Gasteiger partial charge in [-0.3, -0.25) is 0 Å². The van der Waals surface area contributed by atoms with Crippen LogP contribution in [0.25, 0.3) is 0 Å². The van der Waals surface area contributed by atoms with Crippen molar-refractivity contribution in [3.05, 3.63) is 43.8 Å². The Kier molecular flexibility index (Phi) is 4.15. The molecule has 2 aromatic heterocycles. The third kappa shape index (κ3) is 2.98. The number of carboxylic acid groups (broad SMARTS) is 2. The maximum absolute atomic E-state index is 10.7. The number of rotatable bonds is 2. The van der Waals surface area contributed by atoms with E-state index < -0.39 is 23.9 Å². The van der Waals surface area contributed by atoms with Crippen LogP contribution in [0.3, 0.4) is 0 Å². The van der Waals surface area contributed by atoms with Crippen molar-refractivity contribution in [2.75, 3.05) is 0 Å². The number of aromatic carboxylic acids is 2. The van der Waals surface area contributed by atoms with Crippen LogP contribution in [0, 0.1) is 0 Å². The molecule has 0 radical (unpaired) electrons. The Balaban J connectivity index is 0.000000154. The molecule has 0 aromatic carbocycles. The van der Waals surface area contributed by atoms with Crippen LogP contribution >= 0.6 is 22.7 Å². The van der Waals surface area contributed by atoms with Crippen LogP contribution in [0.15, 0.2) is 22.9 Å². The molecule has 2 N–H and O–H groups in total. The first-order valence-electron chi connectivity index (χ1n) is 5.30. The topological polar surface area (TPSA) is 118 Å². The summed E-state index contributed by atoms with van der Waals surface area (Å²) in [7, 11) is 0. The van der Waals surface area contributed by atoms with E-state index in [0.717, 1.165) is 11.3 Å². The van der Waals surface area contributed by atoms with E-state index in [1.807, 2.05) is 0 Å². The predicted octanol–water partition coefficient (Wildman–Crippen LogP) is 2.20. The Morgan fingerprint density at radius 2 is 1.62 bits per heavy atom. The first-order chi connectivity index (χ1) is 9.91. The molecule has 0 spiro atoms. The van der Waals surface area contributed by atoms with Crippen LogP contribution in [0.5, 0.6) is 0 Å². The van der Waals surface area contributed by atoms with E-state index in [-0.39, 0.29) is 10.4 Å². The summed E-state index contributed by atoms with van der Waals surface area (Å²) >= 11 is 2.13. The molecule has 2 aromatic rings. The average molecular weight is 326 g/mol. The van der Waals surface area contributed by atoms with Crippen molar-refractivity contribution in [1.82, 2.24) is 0 Å². The Labute approximate surface area is 125 Å². The molecule has 1 aliphatic rings. The highest BCUT2D eigenvalue weighted by Crippen LogP contribution is 2.24. The van der Waals surface area contributed by atoms with Crippen LogP contribution in [-0.2, 0) is 4.74 Å². The summed E-state index contributed by atoms with van der Waals surface area (Å²) < 4.78 is 4.30. The highest BCUT2D eigenvalue weighted by molar-refractivity contribution is 7.12. The zero-order valence-corrected chi connectivity index (χ0v) is 11.7. The third-order valence-electron chi connectivity index (χ3n) is 2.35. The minimum Gasteiger partial charge on any atom is -0.478 e. The predicted molar refractivity (Wildman–Crippen MR) is 72.3 cm³/mol.